The molecule has 3 nitrogen and oxygen atoms in total. The maximum Gasteiger partial charge on any atom is 0.138 e. The lowest BCUT2D eigenvalue weighted by Crippen LogP contribution is -2.11. The van der Waals surface area contributed by atoms with Gasteiger partial charge in [-0.2, -0.15) is 0 Å². The van der Waals surface area contributed by atoms with Gasteiger partial charge in [0, 0.05) is 11.8 Å². The molecule has 1 saturated carbocycles. The van der Waals surface area contributed by atoms with E-state index in [1.807, 2.05) is 19.9 Å². The zero-order chi connectivity index (χ0) is 11.8. The summed E-state index contributed by atoms with van der Waals surface area (Å²) in [6.45, 7) is 6.06. The third-order valence-electron chi connectivity index (χ3n) is 3.12. The lowest BCUT2D eigenvalue weighted by atomic mass is 9.96. The highest BCUT2D eigenvalue weighted by molar-refractivity contribution is 5.27. The van der Waals surface area contributed by atoms with E-state index in [2.05, 4.69) is 11.9 Å². The van der Waals surface area contributed by atoms with Gasteiger partial charge in [-0.3, -0.25) is 4.98 Å². The van der Waals surface area contributed by atoms with Gasteiger partial charge in [0.25, 0.3) is 0 Å². The highest BCUT2D eigenvalue weighted by atomic mass is 16.5. The summed E-state index contributed by atoms with van der Waals surface area (Å²) in [5.74, 6) is 0.732. The van der Waals surface area contributed by atoms with Gasteiger partial charge in [0.1, 0.15) is 5.75 Å². The van der Waals surface area contributed by atoms with Crippen molar-refractivity contribution in [3.8, 4) is 5.75 Å². The molecule has 1 heterocycles. The van der Waals surface area contributed by atoms with Crippen LogP contribution in [0, 0.1) is 5.41 Å². The van der Waals surface area contributed by atoms with Gasteiger partial charge in [0.15, 0.2) is 0 Å². The molecule has 0 bridgehead atoms. The Morgan fingerprint density at radius 3 is 2.62 bits per heavy atom. The molecule has 1 aromatic heterocycles. The Hall–Kier alpha value is -1.09. The van der Waals surface area contributed by atoms with Crippen LogP contribution in [0.4, 0.5) is 0 Å². The monoisotopic (exact) mass is 221 g/mol. The molecule has 1 fully saturated rings. The molecule has 0 aromatic carbocycles. The minimum Gasteiger partial charge on any atom is -0.489 e. The van der Waals surface area contributed by atoms with Crippen LogP contribution < -0.4 is 4.74 Å². The van der Waals surface area contributed by atoms with Gasteiger partial charge in [-0.25, -0.2) is 0 Å². The van der Waals surface area contributed by atoms with Crippen molar-refractivity contribution >= 4 is 0 Å². The first-order valence-corrected chi connectivity index (χ1v) is 5.81. The second-order valence-electron chi connectivity index (χ2n) is 5.18. The van der Waals surface area contributed by atoms with Crippen molar-refractivity contribution < 1.29 is 9.84 Å². The second kappa shape index (κ2) is 4.06. The van der Waals surface area contributed by atoms with E-state index < -0.39 is 6.10 Å². The number of nitrogens with zero attached hydrogens (tertiary/aromatic N) is 1. The van der Waals surface area contributed by atoms with E-state index in [0.29, 0.717) is 0 Å². The van der Waals surface area contributed by atoms with E-state index in [9.17, 15) is 5.11 Å². The van der Waals surface area contributed by atoms with Gasteiger partial charge in [0.2, 0.25) is 0 Å². The fourth-order valence-electron chi connectivity index (χ4n) is 1.79. The molecule has 0 spiro atoms. The number of hydrogen-bond donors (Lipinski definition) is 1. The van der Waals surface area contributed by atoms with Crippen LogP contribution in [0.15, 0.2) is 18.5 Å². The Bertz CT molecular complexity index is 372. The largest absolute Gasteiger partial charge is 0.489 e. The zero-order valence-corrected chi connectivity index (χ0v) is 10.1. The number of aliphatic hydroxyl groups is 1. The molecule has 1 unspecified atom stereocenters. The van der Waals surface area contributed by atoms with Gasteiger partial charge >= 0.3 is 0 Å². The van der Waals surface area contributed by atoms with Gasteiger partial charge in [-0.15, -0.1) is 0 Å². The summed E-state index contributed by atoms with van der Waals surface area (Å²) in [7, 11) is 0. The molecule has 2 rings (SSSR count). The summed E-state index contributed by atoms with van der Waals surface area (Å²) < 4.78 is 5.56. The van der Waals surface area contributed by atoms with Crippen LogP contribution >= 0.6 is 0 Å². The summed E-state index contributed by atoms with van der Waals surface area (Å²) in [6.07, 6.45) is 5.29. The molecule has 0 amide bonds. The highest BCUT2D eigenvalue weighted by Gasteiger charge is 2.44. The Kier molecular flexibility index (Phi) is 2.89. The van der Waals surface area contributed by atoms with E-state index in [1.54, 1.807) is 12.4 Å². The van der Waals surface area contributed by atoms with Crippen molar-refractivity contribution in [3.05, 3.63) is 24.0 Å². The van der Waals surface area contributed by atoms with Crippen molar-refractivity contribution in [2.45, 2.75) is 45.8 Å². The van der Waals surface area contributed by atoms with Crippen LogP contribution in [0.1, 0.15) is 45.3 Å². The number of aliphatic hydroxyl groups excluding tert-OH is 1. The number of pyridine rings is 1. The molecule has 3 heteroatoms. The Morgan fingerprint density at radius 2 is 2.06 bits per heavy atom. The smallest absolute Gasteiger partial charge is 0.138 e. The summed E-state index contributed by atoms with van der Waals surface area (Å²) in [6, 6.07) is 1.89. The zero-order valence-electron chi connectivity index (χ0n) is 10.1. The Morgan fingerprint density at radius 1 is 1.38 bits per heavy atom. The average molecular weight is 221 g/mol. The van der Waals surface area contributed by atoms with Crippen LogP contribution in [0.25, 0.3) is 0 Å². The molecular weight excluding hydrogens is 202 g/mol. The minimum atomic E-state index is -0.421. The topological polar surface area (TPSA) is 42.4 Å². The van der Waals surface area contributed by atoms with Gasteiger partial charge in [0.05, 0.1) is 18.4 Å². The molecule has 1 aliphatic carbocycles. The SMILES string of the molecule is CC(C)Oc1cncc(C(O)C2(C)CC2)c1. The molecule has 1 aromatic rings. The first-order valence-electron chi connectivity index (χ1n) is 5.81. The molecule has 0 saturated heterocycles. The highest BCUT2D eigenvalue weighted by Crippen LogP contribution is 2.54. The van der Waals surface area contributed by atoms with Crippen molar-refractivity contribution in [2.75, 3.05) is 0 Å². The lowest BCUT2D eigenvalue weighted by molar-refractivity contribution is 0.103. The molecule has 1 N–H and O–H groups in total. The van der Waals surface area contributed by atoms with Crippen molar-refractivity contribution in [3.63, 3.8) is 0 Å². The summed E-state index contributed by atoms with van der Waals surface area (Å²) >= 11 is 0. The molecule has 0 radical (unpaired) electrons. The summed E-state index contributed by atoms with van der Waals surface area (Å²) in [5, 5.41) is 10.2. The van der Waals surface area contributed by atoms with Crippen LogP contribution in [0.5, 0.6) is 5.75 Å². The standard InChI is InChI=1S/C13H19NO2/c1-9(2)16-11-6-10(7-14-8-11)12(15)13(3)4-5-13/h6-9,12,15H,4-5H2,1-3H3. The normalized spacial score (nSPS) is 19.6. The predicted molar refractivity (Wildman–Crippen MR) is 62.3 cm³/mol. The van der Waals surface area contributed by atoms with Crippen molar-refractivity contribution in [2.24, 2.45) is 5.41 Å². The molecule has 1 aliphatic rings. The van der Waals surface area contributed by atoms with Gasteiger partial charge in [-0.1, -0.05) is 6.92 Å². The average Bonchev–Trinajstić information content (AvgIpc) is 2.96. The number of ether oxygens (including phenoxy) is 1. The van der Waals surface area contributed by atoms with Crippen LogP contribution in [0.3, 0.4) is 0 Å². The Labute approximate surface area is 96.5 Å². The summed E-state index contributed by atoms with van der Waals surface area (Å²) in [5.41, 5.74) is 0.913. The summed E-state index contributed by atoms with van der Waals surface area (Å²) in [4.78, 5) is 4.12. The maximum absolute atomic E-state index is 10.2. The van der Waals surface area contributed by atoms with E-state index in [0.717, 1.165) is 24.2 Å². The third kappa shape index (κ3) is 2.35. The predicted octanol–water partition coefficient (Wildman–Crippen LogP) is 2.70. The minimum absolute atomic E-state index is 0.0537. The van der Waals surface area contributed by atoms with Crippen LogP contribution in [0.2, 0.25) is 0 Å². The van der Waals surface area contributed by atoms with E-state index in [4.69, 9.17) is 4.74 Å². The fraction of sp³-hybridized carbons (Fsp3) is 0.615. The molecule has 0 aliphatic heterocycles. The Balaban J connectivity index is 2.15. The number of rotatable bonds is 4. The van der Waals surface area contributed by atoms with Crippen LogP contribution in [-0.2, 0) is 0 Å². The van der Waals surface area contributed by atoms with E-state index in [1.165, 1.54) is 0 Å². The second-order valence-corrected chi connectivity index (χ2v) is 5.18. The quantitative estimate of drug-likeness (QED) is 0.850. The van der Waals surface area contributed by atoms with E-state index in [-0.39, 0.29) is 11.5 Å². The molecular formula is C13H19NO2. The van der Waals surface area contributed by atoms with Crippen LogP contribution in [-0.4, -0.2) is 16.2 Å². The number of aromatic nitrogens is 1. The van der Waals surface area contributed by atoms with Crippen molar-refractivity contribution in [1.29, 1.82) is 0 Å². The van der Waals surface area contributed by atoms with Crippen molar-refractivity contribution in [1.82, 2.24) is 4.98 Å². The molecule has 16 heavy (non-hydrogen) atoms. The first kappa shape index (κ1) is 11.4. The molecule has 1 atom stereocenters. The lowest BCUT2D eigenvalue weighted by Gasteiger charge is -2.18. The van der Waals surface area contributed by atoms with Gasteiger partial charge < -0.3 is 9.84 Å². The number of hydrogen-bond acceptors (Lipinski definition) is 3. The van der Waals surface area contributed by atoms with Gasteiger partial charge in [-0.05, 0) is 38.2 Å². The fourth-order valence-corrected chi connectivity index (χ4v) is 1.79. The van der Waals surface area contributed by atoms with E-state index >= 15 is 0 Å². The third-order valence-corrected chi connectivity index (χ3v) is 3.12. The first-order chi connectivity index (χ1) is 7.51. The maximum atomic E-state index is 10.2. The molecule has 88 valence electrons.